The zero-order valence-corrected chi connectivity index (χ0v) is 12.2. The molecule has 0 atom stereocenters. The zero-order chi connectivity index (χ0) is 15.0. The van der Waals surface area contributed by atoms with Crippen molar-refractivity contribution >= 4 is 12.2 Å². The van der Waals surface area contributed by atoms with E-state index in [2.05, 4.69) is 0 Å². The van der Waals surface area contributed by atoms with Crippen molar-refractivity contribution in [3.05, 3.63) is 23.8 Å². The molecule has 1 rings (SSSR count). The van der Waals surface area contributed by atoms with Gasteiger partial charge >= 0.3 is 0 Å². The van der Waals surface area contributed by atoms with Gasteiger partial charge in [-0.2, -0.15) is 0 Å². The number of rotatable bonds is 8. The van der Waals surface area contributed by atoms with Gasteiger partial charge in [-0.05, 0) is 18.6 Å². The number of hydrogen-bond acceptors (Lipinski definition) is 4. The van der Waals surface area contributed by atoms with Crippen molar-refractivity contribution in [3.63, 3.8) is 0 Å². The Morgan fingerprint density at radius 3 is 2.60 bits per heavy atom. The van der Waals surface area contributed by atoms with Gasteiger partial charge in [0, 0.05) is 20.2 Å². The predicted molar refractivity (Wildman–Crippen MR) is 76.4 cm³/mol. The highest BCUT2D eigenvalue weighted by Crippen LogP contribution is 2.24. The summed E-state index contributed by atoms with van der Waals surface area (Å²) in [5, 5.41) is 0. The van der Waals surface area contributed by atoms with E-state index < -0.39 is 0 Å². The zero-order valence-electron chi connectivity index (χ0n) is 12.2. The monoisotopic (exact) mass is 279 g/mol. The van der Waals surface area contributed by atoms with Gasteiger partial charge in [-0.25, -0.2) is 0 Å². The number of carbonyl (C=O) groups excluding carboxylic acids is 2. The number of carbonyl (C=O) groups is 2. The first-order valence-corrected chi connectivity index (χ1v) is 6.63. The second kappa shape index (κ2) is 8.19. The van der Waals surface area contributed by atoms with Crippen LogP contribution in [0.3, 0.4) is 0 Å². The first kappa shape index (κ1) is 16.0. The Hall–Kier alpha value is -2.04. The minimum atomic E-state index is -0.0176. The van der Waals surface area contributed by atoms with Crippen LogP contribution in [0.4, 0.5) is 0 Å². The van der Waals surface area contributed by atoms with E-state index in [1.807, 2.05) is 6.92 Å². The molecule has 1 aromatic carbocycles. The Morgan fingerprint density at radius 2 is 2.00 bits per heavy atom. The summed E-state index contributed by atoms with van der Waals surface area (Å²) in [5.41, 5.74) is 0.450. The highest BCUT2D eigenvalue weighted by atomic mass is 16.5. The quantitative estimate of drug-likeness (QED) is 0.684. The Bertz CT molecular complexity index is 457. The van der Waals surface area contributed by atoms with Crippen LogP contribution in [0.25, 0.3) is 0 Å². The molecule has 0 spiro atoms. The van der Waals surface area contributed by atoms with E-state index >= 15 is 0 Å². The second-order valence-electron chi connectivity index (χ2n) is 4.55. The van der Waals surface area contributed by atoms with Crippen LogP contribution in [0.1, 0.15) is 30.1 Å². The average molecular weight is 279 g/mol. The lowest BCUT2D eigenvalue weighted by Gasteiger charge is -2.13. The number of ether oxygens (including phenoxy) is 2. The molecule has 0 saturated heterocycles. The SMILES string of the molecule is CCCOc1ccc(C=O)c(OCCC(=O)N(C)C)c1. The number of benzene rings is 1. The summed E-state index contributed by atoms with van der Waals surface area (Å²) in [6.07, 6.45) is 1.90. The third-order valence-electron chi connectivity index (χ3n) is 2.66. The molecule has 0 bridgehead atoms. The van der Waals surface area contributed by atoms with Gasteiger partial charge in [-0.1, -0.05) is 6.92 Å². The fourth-order valence-corrected chi connectivity index (χ4v) is 1.52. The molecular weight excluding hydrogens is 258 g/mol. The van der Waals surface area contributed by atoms with Gasteiger partial charge in [0.1, 0.15) is 11.5 Å². The average Bonchev–Trinajstić information content (AvgIpc) is 2.45. The van der Waals surface area contributed by atoms with Crippen molar-refractivity contribution in [3.8, 4) is 11.5 Å². The Morgan fingerprint density at radius 1 is 1.25 bits per heavy atom. The standard InChI is InChI=1S/C15H21NO4/c1-4-8-19-13-6-5-12(11-17)14(10-13)20-9-7-15(18)16(2)3/h5-6,10-11H,4,7-9H2,1-3H3. The summed E-state index contributed by atoms with van der Waals surface area (Å²) >= 11 is 0. The molecule has 1 aromatic rings. The van der Waals surface area contributed by atoms with Crippen molar-refractivity contribution in [2.45, 2.75) is 19.8 Å². The molecule has 0 aliphatic rings. The molecule has 5 heteroatoms. The minimum absolute atomic E-state index is 0.0176. The number of hydrogen-bond donors (Lipinski definition) is 0. The van der Waals surface area contributed by atoms with Crippen LogP contribution >= 0.6 is 0 Å². The van der Waals surface area contributed by atoms with Gasteiger partial charge in [0.2, 0.25) is 5.91 Å². The fourth-order valence-electron chi connectivity index (χ4n) is 1.52. The summed E-state index contributed by atoms with van der Waals surface area (Å²) in [6.45, 7) is 2.86. The minimum Gasteiger partial charge on any atom is -0.493 e. The van der Waals surface area contributed by atoms with Crippen LogP contribution in [0.2, 0.25) is 0 Å². The van der Waals surface area contributed by atoms with Gasteiger partial charge in [-0.15, -0.1) is 0 Å². The van der Waals surface area contributed by atoms with Crippen LogP contribution in [0.5, 0.6) is 11.5 Å². The molecule has 0 heterocycles. The first-order chi connectivity index (χ1) is 9.58. The Kier molecular flexibility index (Phi) is 6.56. The van der Waals surface area contributed by atoms with Gasteiger partial charge in [0.15, 0.2) is 6.29 Å². The van der Waals surface area contributed by atoms with Crippen molar-refractivity contribution in [2.75, 3.05) is 27.3 Å². The van der Waals surface area contributed by atoms with E-state index in [1.165, 1.54) is 4.90 Å². The molecule has 0 saturated carbocycles. The van der Waals surface area contributed by atoms with E-state index in [0.717, 1.165) is 12.7 Å². The van der Waals surface area contributed by atoms with E-state index in [1.54, 1.807) is 32.3 Å². The molecule has 0 aromatic heterocycles. The largest absolute Gasteiger partial charge is 0.493 e. The lowest BCUT2D eigenvalue weighted by molar-refractivity contribution is -0.129. The summed E-state index contributed by atoms with van der Waals surface area (Å²) in [6, 6.07) is 5.07. The van der Waals surface area contributed by atoms with Gasteiger partial charge in [0.25, 0.3) is 0 Å². The number of amides is 1. The third kappa shape index (κ3) is 4.91. The van der Waals surface area contributed by atoms with E-state index in [0.29, 0.717) is 23.7 Å². The van der Waals surface area contributed by atoms with Crippen LogP contribution < -0.4 is 9.47 Å². The molecule has 0 fully saturated rings. The maximum atomic E-state index is 11.4. The predicted octanol–water partition coefficient (Wildman–Crippen LogP) is 2.15. The summed E-state index contributed by atoms with van der Waals surface area (Å²) in [4.78, 5) is 23.9. The molecule has 110 valence electrons. The van der Waals surface area contributed by atoms with Gasteiger partial charge in [0.05, 0.1) is 25.2 Å². The first-order valence-electron chi connectivity index (χ1n) is 6.63. The molecule has 0 aliphatic heterocycles. The number of nitrogens with zero attached hydrogens (tertiary/aromatic N) is 1. The Labute approximate surface area is 119 Å². The maximum Gasteiger partial charge on any atom is 0.225 e. The maximum absolute atomic E-state index is 11.4. The highest BCUT2D eigenvalue weighted by Gasteiger charge is 2.08. The molecule has 1 amide bonds. The lowest BCUT2D eigenvalue weighted by Crippen LogP contribution is -2.23. The molecule has 0 N–H and O–H groups in total. The van der Waals surface area contributed by atoms with Crippen LogP contribution in [0.15, 0.2) is 18.2 Å². The van der Waals surface area contributed by atoms with Crippen LogP contribution in [-0.2, 0) is 4.79 Å². The second-order valence-corrected chi connectivity index (χ2v) is 4.55. The lowest BCUT2D eigenvalue weighted by atomic mass is 10.2. The van der Waals surface area contributed by atoms with Gasteiger partial charge < -0.3 is 14.4 Å². The van der Waals surface area contributed by atoms with Crippen molar-refractivity contribution < 1.29 is 19.1 Å². The van der Waals surface area contributed by atoms with E-state index in [4.69, 9.17) is 9.47 Å². The molecular formula is C15H21NO4. The van der Waals surface area contributed by atoms with Crippen LogP contribution in [0, 0.1) is 0 Å². The molecule has 5 nitrogen and oxygen atoms in total. The number of aldehydes is 1. The molecule has 0 aliphatic carbocycles. The normalized spacial score (nSPS) is 9.95. The topological polar surface area (TPSA) is 55.8 Å². The van der Waals surface area contributed by atoms with Crippen molar-refractivity contribution in [1.82, 2.24) is 4.90 Å². The van der Waals surface area contributed by atoms with Crippen molar-refractivity contribution in [1.29, 1.82) is 0 Å². The molecule has 20 heavy (non-hydrogen) atoms. The summed E-state index contributed by atoms with van der Waals surface area (Å²) < 4.78 is 11.0. The smallest absolute Gasteiger partial charge is 0.225 e. The molecule has 0 unspecified atom stereocenters. The highest BCUT2D eigenvalue weighted by molar-refractivity contribution is 5.80. The van der Waals surface area contributed by atoms with E-state index in [-0.39, 0.29) is 18.9 Å². The van der Waals surface area contributed by atoms with Crippen molar-refractivity contribution in [2.24, 2.45) is 0 Å². The third-order valence-corrected chi connectivity index (χ3v) is 2.66. The Balaban J connectivity index is 2.66. The fraction of sp³-hybridized carbons (Fsp3) is 0.467. The van der Waals surface area contributed by atoms with Crippen LogP contribution in [-0.4, -0.2) is 44.4 Å². The molecule has 0 radical (unpaired) electrons. The summed E-state index contributed by atoms with van der Waals surface area (Å²) in [5.74, 6) is 1.09. The van der Waals surface area contributed by atoms with Gasteiger partial charge in [-0.3, -0.25) is 9.59 Å². The van der Waals surface area contributed by atoms with E-state index in [9.17, 15) is 9.59 Å². The summed E-state index contributed by atoms with van der Waals surface area (Å²) in [7, 11) is 3.39.